The summed E-state index contributed by atoms with van der Waals surface area (Å²) in [6.45, 7) is 1.25. The van der Waals surface area contributed by atoms with Crippen LogP contribution in [0.4, 0.5) is 0 Å². The minimum atomic E-state index is -0.387. The second kappa shape index (κ2) is 2.97. The van der Waals surface area contributed by atoms with Crippen LogP contribution in [0.5, 0.6) is 0 Å². The van der Waals surface area contributed by atoms with Gasteiger partial charge in [-0.05, 0) is 0 Å². The lowest BCUT2D eigenvalue weighted by Crippen LogP contribution is -2.16. The quantitative estimate of drug-likeness (QED) is 0.358. The summed E-state index contributed by atoms with van der Waals surface area (Å²) in [4.78, 5) is 13.6. The van der Waals surface area contributed by atoms with E-state index in [1.807, 2.05) is 0 Å². The van der Waals surface area contributed by atoms with Crippen LogP contribution in [-0.4, -0.2) is 5.91 Å². The Labute approximate surface area is 40.6 Å². The molecule has 1 amide bonds. The number of nitriles is 1. The van der Waals surface area contributed by atoms with Crippen LogP contribution in [0, 0.1) is 11.5 Å². The molecule has 4 heteroatoms. The minimum absolute atomic E-state index is 0.387. The Morgan fingerprint density at radius 1 is 2.00 bits per heavy atom. The lowest BCUT2D eigenvalue weighted by Gasteiger charge is -1.88. The zero-order valence-electron chi connectivity index (χ0n) is 3.76. The van der Waals surface area contributed by atoms with Gasteiger partial charge in [-0.2, -0.15) is 5.48 Å². The van der Waals surface area contributed by atoms with Gasteiger partial charge in [-0.1, -0.05) is 0 Å². The van der Waals surface area contributed by atoms with Crippen LogP contribution in [0.2, 0.25) is 0 Å². The topological polar surface area (TPSA) is 62.1 Å². The number of nitrogens with zero attached hydrogens (tertiary/aromatic N) is 1. The molecule has 0 bridgehead atoms. The molecule has 0 radical (unpaired) electrons. The highest BCUT2D eigenvalue weighted by Gasteiger charge is 1.83. The maximum absolute atomic E-state index is 9.82. The lowest BCUT2D eigenvalue weighted by molar-refractivity contribution is -0.126. The first-order chi connectivity index (χ1) is 3.27. The lowest BCUT2D eigenvalue weighted by atomic mass is 10.8. The summed E-state index contributed by atoms with van der Waals surface area (Å²) in [5.74, 6) is -0.387. The predicted octanol–water partition coefficient (Wildman–Crippen LogP) is -0.465. The molecule has 1 N–H and O–H groups in total. The summed E-state index contributed by atoms with van der Waals surface area (Å²) in [6.07, 6.45) is 1.27. The minimum Gasteiger partial charge on any atom is -0.299 e. The Hall–Kier alpha value is -1.24. The molecule has 0 saturated heterocycles. The van der Waals surface area contributed by atoms with Gasteiger partial charge in [0.1, 0.15) is 0 Å². The fraction of sp³-hybridized carbons (Fsp3) is 0.333. The molecule has 0 aromatic rings. The maximum atomic E-state index is 9.82. The summed E-state index contributed by atoms with van der Waals surface area (Å²) in [6, 6.07) is 0. The Morgan fingerprint density at radius 3 is 2.71 bits per heavy atom. The normalized spacial score (nSPS) is 6.29. The van der Waals surface area contributed by atoms with E-state index >= 15 is 0 Å². The zero-order valence-corrected chi connectivity index (χ0v) is 3.76. The van der Waals surface area contributed by atoms with Crippen LogP contribution >= 0.6 is 0 Å². The van der Waals surface area contributed by atoms with Crippen LogP contribution in [0.25, 0.3) is 0 Å². The third-order valence-electron chi connectivity index (χ3n) is 0.240. The fourth-order valence-corrected chi connectivity index (χ4v) is 0.0947. The van der Waals surface area contributed by atoms with Crippen molar-refractivity contribution < 1.29 is 9.63 Å². The molecule has 0 atom stereocenters. The van der Waals surface area contributed by atoms with Crippen molar-refractivity contribution in [1.82, 2.24) is 5.48 Å². The third kappa shape index (κ3) is 4.76. The highest BCUT2D eigenvalue weighted by molar-refractivity contribution is 5.71. The van der Waals surface area contributed by atoms with Crippen LogP contribution < -0.4 is 5.48 Å². The molecule has 0 heterocycles. The van der Waals surface area contributed by atoms with E-state index in [2.05, 4.69) is 4.84 Å². The van der Waals surface area contributed by atoms with Crippen molar-refractivity contribution in [3.8, 4) is 6.26 Å². The summed E-state index contributed by atoms with van der Waals surface area (Å²) >= 11 is 0. The van der Waals surface area contributed by atoms with Crippen molar-refractivity contribution in [2.24, 2.45) is 0 Å². The molecule has 0 fully saturated rings. The van der Waals surface area contributed by atoms with Gasteiger partial charge < -0.3 is 0 Å². The molecule has 0 aromatic carbocycles. The Bertz CT molecular complexity index is 104. The van der Waals surface area contributed by atoms with E-state index < -0.39 is 0 Å². The third-order valence-corrected chi connectivity index (χ3v) is 0.240. The standard InChI is InChI=1S/C3H4N2O2/c1-3(6)5-7-2-4/h1H3,(H,5,6). The molecular weight excluding hydrogens is 96.0 g/mol. The molecule has 7 heavy (non-hydrogen) atoms. The molecule has 0 saturated carbocycles. The first-order valence-electron chi connectivity index (χ1n) is 1.59. The van der Waals surface area contributed by atoms with E-state index in [1.165, 1.54) is 13.2 Å². The number of hydrogen-bond acceptors (Lipinski definition) is 3. The van der Waals surface area contributed by atoms with E-state index in [1.54, 1.807) is 5.48 Å². The Balaban J connectivity index is 3.02. The van der Waals surface area contributed by atoms with E-state index in [4.69, 9.17) is 5.26 Å². The van der Waals surface area contributed by atoms with Gasteiger partial charge in [-0.3, -0.25) is 9.63 Å². The molecule has 0 spiro atoms. The van der Waals surface area contributed by atoms with Crippen molar-refractivity contribution in [1.29, 1.82) is 5.26 Å². The summed E-state index contributed by atoms with van der Waals surface area (Å²) in [5.41, 5.74) is 1.80. The van der Waals surface area contributed by atoms with Crippen LogP contribution in [0.3, 0.4) is 0 Å². The predicted molar refractivity (Wildman–Crippen MR) is 20.5 cm³/mol. The number of hydrogen-bond donors (Lipinski definition) is 1. The van der Waals surface area contributed by atoms with Gasteiger partial charge in [0, 0.05) is 6.92 Å². The maximum Gasteiger partial charge on any atom is 0.314 e. The molecule has 0 aliphatic carbocycles. The van der Waals surface area contributed by atoms with Crippen LogP contribution in [0.15, 0.2) is 0 Å². The second-order valence-electron chi connectivity index (χ2n) is 0.852. The highest BCUT2D eigenvalue weighted by atomic mass is 16.6. The zero-order chi connectivity index (χ0) is 5.70. The van der Waals surface area contributed by atoms with Crippen molar-refractivity contribution in [2.45, 2.75) is 6.92 Å². The number of carbonyl (C=O) groups is 1. The van der Waals surface area contributed by atoms with Crippen molar-refractivity contribution in [3.63, 3.8) is 0 Å². The van der Waals surface area contributed by atoms with Crippen molar-refractivity contribution in [2.75, 3.05) is 0 Å². The molecule has 0 aliphatic rings. The number of carbonyl (C=O) groups excluding carboxylic acids is 1. The summed E-state index contributed by atoms with van der Waals surface area (Å²) in [7, 11) is 0. The molecule has 0 unspecified atom stereocenters. The Morgan fingerprint density at radius 2 is 2.57 bits per heavy atom. The van der Waals surface area contributed by atoms with E-state index in [0.717, 1.165) is 0 Å². The van der Waals surface area contributed by atoms with Gasteiger partial charge in [0.2, 0.25) is 5.91 Å². The Kier molecular flexibility index (Phi) is 2.44. The van der Waals surface area contributed by atoms with E-state index in [9.17, 15) is 4.79 Å². The molecular formula is C3H4N2O2. The first-order valence-corrected chi connectivity index (χ1v) is 1.59. The van der Waals surface area contributed by atoms with Gasteiger partial charge in [-0.15, -0.1) is 5.26 Å². The molecule has 0 rings (SSSR count). The van der Waals surface area contributed by atoms with Crippen molar-refractivity contribution >= 4 is 5.91 Å². The van der Waals surface area contributed by atoms with Gasteiger partial charge in [-0.25, -0.2) is 0 Å². The monoisotopic (exact) mass is 100 g/mol. The first kappa shape index (κ1) is 5.76. The van der Waals surface area contributed by atoms with Crippen LogP contribution in [0.1, 0.15) is 6.92 Å². The SMILES string of the molecule is CC(=O)NOC#N. The highest BCUT2D eigenvalue weighted by Crippen LogP contribution is 1.57. The molecule has 4 nitrogen and oxygen atoms in total. The van der Waals surface area contributed by atoms with Crippen LogP contribution in [-0.2, 0) is 9.63 Å². The van der Waals surface area contributed by atoms with Crippen molar-refractivity contribution in [3.05, 3.63) is 0 Å². The van der Waals surface area contributed by atoms with E-state index in [0.29, 0.717) is 0 Å². The van der Waals surface area contributed by atoms with Gasteiger partial charge in [0.05, 0.1) is 0 Å². The summed E-state index contributed by atoms with van der Waals surface area (Å²) < 4.78 is 0. The number of rotatable bonds is 1. The number of hydroxylamine groups is 1. The summed E-state index contributed by atoms with van der Waals surface area (Å²) in [5, 5.41) is 7.63. The smallest absolute Gasteiger partial charge is 0.299 e. The fourth-order valence-electron chi connectivity index (χ4n) is 0.0947. The largest absolute Gasteiger partial charge is 0.314 e. The van der Waals surface area contributed by atoms with Gasteiger partial charge in [0.15, 0.2) is 0 Å². The molecule has 0 aromatic heterocycles. The second-order valence-corrected chi connectivity index (χ2v) is 0.852. The number of nitrogens with one attached hydrogen (secondary N) is 1. The number of amides is 1. The van der Waals surface area contributed by atoms with Gasteiger partial charge in [0.25, 0.3) is 0 Å². The average Bonchev–Trinajstić information content (AvgIpc) is 1.61. The van der Waals surface area contributed by atoms with E-state index in [-0.39, 0.29) is 5.91 Å². The van der Waals surface area contributed by atoms with Gasteiger partial charge >= 0.3 is 6.26 Å². The average molecular weight is 100 g/mol. The molecule has 38 valence electrons. The molecule has 0 aliphatic heterocycles.